The Bertz CT molecular complexity index is 688. The summed E-state index contributed by atoms with van der Waals surface area (Å²) in [7, 11) is 1.54. The van der Waals surface area contributed by atoms with Gasteiger partial charge in [0, 0.05) is 4.90 Å². The Hall–Kier alpha value is -1.03. The van der Waals surface area contributed by atoms with Crippen LogP contribution in [0.3, 0.4) is 0 Å². The maximum Gasteiger partial charge on any atom is 0.187 e. The van der Waals surface area contributed by atoms with Gasteiger partial charge in [-0.05, 0) is 24.3 Å². The van der Waals surface area contributed by atoms with Crippen molar-refractivity contribution in [2.75, 3.05) is 20.3 Å². The number of thioether (sulfide) groups is 1. The Balaban J connectivity index is 1.70. The van der Waals surface area contributed by atoms with E-state index in [4.69, 9.17) is 18.9 Å². The largest absolute Gasteiger partial charge is 0.497 e. The number of aliphatic hydroxyl groups excluding tert-OH is 7. The van der Waals surface area contributed by atoms with Gasteiger partial charge in [-0.15, -0.1) is 0 Å². The predicted octanol–water partition coefficient (Wildman–Crippen LogP) is -2.59. The lowest BCUT2D eigenvalue weighted by atomic mass is 9.97. The minimum absolute atomic E-state index is 0.578. The molecule has 0 bridgehead atoms. The zero-order valence-corrected chi connectivity index (χ0v) is 17.5. The molecule has 2 aliphatic heterocycles. The highest BCUT2D eigenvalue weighted by Gasteiger charge is 2.50. The van der Waals surface area contributed by atoms with Crippen molar-refractivity contribution in [3.8, 4) is 5.75 Å². The first-order chi connectivity index (χ1) is 14.8. The smallest absolute Gasteiger partial charge is 0.187 e. The molecular weight excluding hydrogens is 436 g/mol. The van der Waals surface area contributed by atoms with E-state index in [9.17, 15) is 35.7 Å². The summed E-state index contributed by atoms with van der Waals surface area (Å²) in [5.41, 5.74) is -0.935. The first-order valence-corrected chi connectivity index (χ1v) is 10.6. The number of hydrogen-bond donors (Lipinski definition) is 7. The van der Waals surface area contributed by atoms with Crippen molar-refractivity contribution in [2.45, 2.75) is 65.5 Å². The van der Waals surface area contributed by atoms with Gasteiger partial charge in [0.05, 0.1) is 20.3 Å². The Morgan fingerprint density at radius 3 is 2.03 bits per heavy atom. The quantitative estimate of drug-likeness (QED) is 0.224. The highest BCUT2D eigenvalue weighted by molar-refractivity contribution is 7.99. The van der Waals surface area contributed by atoms with Crippen molar-refractivity contribution in [2.24, 2.45) is 0 Å². The summed E-state index contributed by atoms with van der Waals surface area (Å²) in [6.07, 6.45) is -13.1. The molecule has 11 nitrogen and oxygen atoms in total. The van der Waals surface area contributed by atoms with Crippen LogP contribution < -0.4 is 4.74 Å². The molecule has 7 N–H and O–H groups in total. The van der Waals surface area contributed by atoms with Gasteiger partial charge in [-0.3, -0.25) is 0 Å². The number of methoxy groups -OCH3 is 1. The van der Waals surface area contributed by atoms with E-state index in [2.05, 4.69) is 0 Å². The fourth-order valence-corrected chi connectivity index (χ4v) is 4.50. The highest BCUT2D eigenvalue weighted by atomic mass is 32.2. The third-order valence-electron chi connectivity index (χ3n) is 5.27. The van der Waals surface area contributed by atoms with Crippen LogP contribution in [-0.4, -0.2) is 117 Å². The van der Waals surface area contributed by atoms with Crippen LogP contribution in [0.15, 0.2) is 29.2 Å². The molecule has 176 valence electrons. The van der Waals surface area contributed by atoms with E-state index in [1.807, 2.05) is 0 Å². The summed E-state index contributed by atoms with van der Waals surface area (Å²) < 4.78 is 21.6. The van der Waals surface area contributed by atoms with E-state index in [0.29, 0.717) is 5.75 Å². The molecule has 0 amide bonds. The van der Waals surface area contributed by atoms with Crippen LogP contribution in [0.25, 0.3) is 0 Å². The Labute approximate surface area is 182 Å². The number of hydrogen-bond acceptors (Lipinski definition) is 12. The summed E-state index contributed by atoms with van der Waals surface area (Å²) in [4.78, 5) is 0.724. The SMILES string of the molecule is COc1ccc(S[C@@H]2O[C@H](CO)[C@H](O[C@H]3O[C@H](CO)[C@H](O)[C@H](O)[C@H]3O)[C@H](O)[C@H]2O)cc1. The second kappa shape index (κ2) is 10.7. The van der Waals surface area contributed by atoms with Gasteiger partial charge >= 0.3 is 0 Å². The van der Waals surface area contributed by atoms with Gasteiger partial charge in [-0.25, -0.2) is 0 Å². The number of aliphatic hydroxyl groups is 7. The Morgan fingerprint density at radius 1 is 0.806 bits per heavy atom. The van der Waals surface area contributed by atoms with Crippen LogP contribution in [-0.2, 0) is 14.2 Å². The third kappa shape index (κ3) is 5.31. The lowest BCUT2D eigenvalue weighted by Gasteiger charge is -2.46. The number of benzene rings is 1. The molecule has 2 fully saturated rings. The fourth-order valence-electron chi connectivity index (χ4n) is 3.44. The van der Waals surface area contributed by atoms with Crippen LogP contribution in [0.4, 0.5) is 0 Å². The van der Waals surface area contributed by atoms with E-state index in [0.717, 1.165) is 16.7 Å². The van der Waals surface area contributed by atoms with Crippen LogP contribution >= 0.6 is 11.8 Å². The third-order valence-corrected chi connectivity index (χ3v) is 6.44. The van der Waals surface area contributed by atoms with Gasteiger partial charge in [0.25, 0.3) is 0 Å². The second-order valence-corrected chi connectivity index (χ2v) is 8.47. The highest BCUT2D eigenvalue weighted by Crippen LogP contribution is 2.36. The lowest BCUT2D eigenvalue weighted by Crippen LogP contribution is -2.64. The van der Waals surface area contributed by atoms with Crippen molar-refractivity contribution < 1.29 is 54.7 Å². The molecule has 2 saturated heterocycles. The van der Waals surface area contributed by atoms with Gasteiger partial charge in [-0.2, -0.15) is 0 Å². The van der Waals surface area contributed by atoms with Crippen molar-refractivity contribution in [3.05, 3.63) is 24.3 Å². The zero-order chi connectivity index (χ0) is 22.7. The molecule has 31 heavy (non-hydrogen) atoms. The van der Waals surface area contributed by atoms with Crippen molar-refractivity contribution in [3.63, 3.8) is 0 Å². The predicted molar refractivity (Wildman–Crippen MR) is 105 cm³/mol. The molecule has 0 aromatic heterocycles. The molecule has 3 rings (SSSR count). The zero-order valence-electron chi connectivity index (χ0n) is 16.7. The number of ether oxygens (including phenoxy) is 4. The van der Waals surface area contributed by atoms with E-state index in [1.165, 1.54) is 7.11 Å². The standard InChI is InChI=1S/C19H28O11S/c1-27-8-2-4-9(5-3-8)31-19-16(26)14(24)17(11(7-21)29-19)30-18-15(25)13(23)12(22)10(6-20)28-18/h2-5,10-26H,6-7H2,1H3/t10-,11-,12+,13+,14-,15-,16-,17+,18-,19+/m1/s1. The van der Waals surface area contributed by atoms with E-state index < -0.39 is 73.8 Å². The van der Waals surface area contributed by atoms with Crippen molar-refractivity contribution in [1.82, 2.24) is 0 Å². The van der Waals surface area contributed by atoms with Gasteiger partial charge in [-0.1, -0.05) is 11.8 Å². The average Bonchev–Trinajstić information content (AvgIpc) is 2.79. The molecule has 1 aromatic carbocycles. The molecule has 0 radical (unpaired) electrons. The topological polar surface area (TPSA) is 179 Å². The first-order valence-electron chi connectivity index (χ1n) is 9.69. The van der Waals surface area contributed by atoms with Gasteiger partial charge in [0.2, 0.25) is 0 Å². The molecule has 0 saturated carbocycles. The molecular formula is C19H28O11S. The van der Waals surface area contributed by atoms with Crippen LogP contribution in [0, 0.1) is 0 Å². The maximum atomic E-state index is 10.6. The summed E-state index contributed by atoms with van der Waals surface area (Å²) in [5, 5.41) is 70.1. The molecule has 2 heterocycles. The summed E-state index contributed by atoms with van der Waals surface area (Å²) in [6.45, 7) is -1.23. The van der Waals surface area contributed by atoms with E-state index in [1.54, 1.807) is 24.3 Å². The van der Waals surface area contributed by atoms with Gasteiger partial charge in [0.1, 0.15) is 60.0 Å². The summed E-state index contributed by atoms with van der Waals surface area (Å²) in [5.74, 6) is 0.649. The molecule has 0 aliphatic carbocycles. The van der Waals surface area contributed by atoms with Crippen molar-refractivity contribution >= 4 is 11.8 Å². The van der Waals surface area contributed by atoms with Gasteiger partial charge in [0.15, 0.2) is 6.29 Å². The molecule has 0 unspecified atom stereocenters. The van der Waals surface area contributed by atoms with E-state index >= 15 is 0 Å². The molecule has 0 spiro atoms. The molecule has 10 atom stereocenters. The molecule has 2 aliphatic rings. The second-order valence-electron chi connectivity index (χ2n) is 7.30. The summed E-state index contributed by atoms with van der Waals surface area (Å²) >= 11 is 1.13. The molecule has 12 heteroatoms. The maximum absolute atomic E-state index is 10.6. The van der Waals surface area contributed by atoms with Crippen LogP contribution in [0.1, 0.15) is 0 Å². The minimum atomic E-state index is -1.70. The lowest BCUT2D eigenvalue weighted by molar-refractivity contribution is -0.338. The number of rotatable bonds is 7. The Kier molecular flexibility index (Phi) is 8.51. The van der Waals surface area contributed by atoms with Crippen LogP contribution in [0.5, 0.6) is 5.75 Å². The van der Waals surface area contributed by atoms with Gasteiger partial charge < -0.3 is 54.7 Å². The normalized spacial score (nSPS) is 41.2. The monoisotopic (exact) mass is 464 g/mol. The average molecular weight is 464 g/mol. The molecule has 1 aromatic rings. The van der Waals surface area contributed by atoms with Crippen LogP contribution in [0.2, 0.25) is 0 Å². The summed E-state index contributed by atoms with van der Waals surface area (Å²) in [6, 6.07) is 6.94. The fraction of sp³-hybridized carbons (Fsp3) is 0.684. The first kappa shape index (κ1) is 24.6. The minimum Gasteiger partial charge on any atom is -0.497 e. The van der Waals surface area contributed by atoms with Crippen molar-refractivity contribution in [1.29, 1.82) is 0 Å². The Morgan fingerprint density at radius 2 is 1.45 bits per heavy atom. The van der Waals surface area contributed by atoms with E-state index in [-0.39, 0.29) is 0 Å².